The summed E-state index contributed by atoms with van der Waals surface area (Å²) in [5, 5.41) is 6.47. The summed E-state index contributed by atoms with van der Waals surface area (Å²) in [6.45, 7) is 10.2. The molecule has 0 spiro atoms. The first-order valence-corrected chi connectivity index (χ1v) is 16.9. The van der Waals surface area contributed by atoms with Crippen molar-refractivity contribution in [1.29, 1.82) is 0 Å². The fourth-order valence-electron chi connectivity index (χ4n) is 6.52. The molecule has 5 atom stereocenters. The average molecular weight is 649 g/mol. The first-order valence-electron chi connectivity index (χ1n) is 16.0. The van der Waals surface area contributed by atoms with Crippen molar-refractivity contribution in [3.05, 3.63) is 48.0 Å². The Morgan fingerprint density at radius 2 is 1.96 bits per heavy atom. The number of allylic oxidation sites excluding steroid dienone is 1. The molecule has 2 amide bonds. The van der Waals surface area contributed by atoms with Crippen molar-refractivity contribution < 1.29 is 28.6 Å². The summed E-state index contributed by atoms with van der Waals surface area (Å²) in [6.07, 6.45) is 7.04. The van der Waals surface area contributed by atoms with Gasteiger partial charge in [-0.1, -0.05) is 13.0 Å². The summed E-state index contributed by atoms with van der Waals surface area (Å²) in [7, 11) is 3.41. The number of fused-ring (bicyclic) bond motifs is 1. The van der Waals surface area contributed by atoms with Gasteiger partial charge in [-0.05, 0) is 70.4 Å². The molecule has 1 N–H and O–H groups in total. The number of nitrogens with one attached hydrogen (secondary N) is 1. The number of esters is 1. The van der Waals surface area contributed by atoms with Crippen molar-refractivity contribution in [3.8, 4) is 22.2 Å². The van der Waals surface area contributed by atoms with E-state index in [0.717, 1.165) is 40.7 Å². The predicted molar refractivity (Wildman–Crippen MR) is 178 cm³/mol. The third kappa shape index (κ3) is 6.74. The maximum atomic E-state index is 13.9. The highest BCUT2D eigenvalue weighted by Crippen LogP contribution is 2.46. The summed E-state index contributed by atoms with van der Waals surface area (Å²) in [6, 6.07) is 5.69. The largest absolute Gasteiger partial charge is 0.496 e. The Morgan fingerprint density at radius 1 is 1.20 bits per heavy atom. The number of hydrogen-bond donors (Lipinski definition) is 1. The maximum Gasteiger partial charge on any atom is 0.332 e. The van der Waals surface area contributed by atoms with Gasteiger partial charge in [-0.3, -0.25) is 9.59 Å². The number of thiazole rings is 1. The Bertz CT molecular complexity index is 1590. The molecule has 0 aliphatic heterocycles. The number of ether oxygens (including phenoxy) is 3. The van der Waals surface area contributed by atoms with E-state index in [0.29, 0.717) is 43.0 Å². The zero-order chi connectivity index (χ0) is 33.0. The number of benzene rings is 1. The summed E-state index contributed by atoms with van der Waals surface area (Å²) >= 11 is 1.48. The van der Waals surface area contributed by atoms with Gasteiger partial charge in [0.05, 0.1) is 31.1 Å². The molecule has 2 aromatic heterocycles. The van der Waals surface area contributed by atoms with E-state index in [4.69, 9.17) is 19.2 Å². The van der Waals surface area contributed by atoms with Gasteiger partial charge in [0.2, 0.25) is 11.8 Å². The molecular weight excluding hydrogens is 604 g/mol. The lowest BCUT2D eigenvalue weighted by Gasteiger charge is -2.26. The van der Waals surface area contributed by atoms with Crippen molar-refractivity contribution >= 4 is 40.0 Å². The lowest BCUT2D eigenvalue weighted by molar-refractivity contribution is -0.150. The predicted octanol–water partition coefficient (Wildman–Crippen LogP) is 5.72. The fourth-order valence-corrected chi connectivity index (χ4v) is 7.12. The number of unbranched alkanes of at least 4 members (excludes halogenated alkanes) is 2. The van der Waals surface area contributed by atoms with E-state index in [1.165, 1.54) is 11.3 Å². The molecular formula is C35H44N4O6S. The minimum absolute atomic E-state index is 0.0432. The van der Waals surface area contributed by atoms with Crippen LogP contribution in [0.25, 0.3) is 21.6 Å². The molecule has 1 aromatic carbocycles. The van der Waals surface area contributed by atoms with Gasteiger partial charge in [-0.25, -0.2) is 14.8 Å². The number of pyridine rings is 1. The van der Waals surface area contributed by atoms with E-state index < -0.39 is 29.4 Å². The van der Waals surface area contributed by atoms with E-state index >= 15 is 0 Å². The van der Waals surface area contributed by atoms with Crippen molar-refractivity contribution in [3.63, 3.8) is 0 Å². The number of nitrogens with zero attached hydrogens (tertiary/aromatic N) is 3. The number of carbonyl (C=O) groups is 3. The van der Waals surface area contributed by atoms with Crippen LogP contribution in [-0.2, 0) is 19.1 Å². The van der Waals surface area contributed by atoms with E-state index in [1.807, 2.05) is 43.5 Å². The quantitative estimate of drug-likeness (QED) is 0.134. The molecule has 2 heterocycles. The van der Waals surface area contributed by atoms with Crippen LogP contribution >= 0.6 is 11.3 Å². The molecule has 2 fully saturated rings. The molecule has 46 heavy (non-hydrogen) atoms. The second-order valence-corrected chi connectivity index (χ2v) is 13.3. The van der Waals surface area contributed by atoms with Gasteiger partial charge in [0.15, 0.2) is 0 Å². The Kier molecular flexibility index (Phi) is 10.3. The van der Waals surface area contributed by atoms with E-state index in [2.05, 4.69) is 16.9 Å². The molecule has 0 radical (unpaired) electrons. The highest BCUT2D eigenvalue weighted by atomic mass is 32.1. The fraction of sp³-hybridized carbons (Fsp3) is 0.514. The second-order valence-electron chi connectivity index (χ2n) is 12.4. The summed E-state index contributed by atoms with van der Waals surface area (Å²) in [5.41, 5.74) is 1.24. The molecule has 11 heteroatoms. The molecule has 0 saturated heterocycles. The molecule has 10 nitrogen and oxygen atoms in total. The van der Waals surface area contributed by atoms with Crippen LogP contribution < -0.4 is 14.8 Å². The molecule has 2 aliphatic rings. The normalized spacial score (nSPS) is 23.5. The standard InChI is InChI=1S/C35H44N4O6S/c1-7-9-10-11-15-39(5)33(41)26-18-23(17-25(26)31(40)38-35(20-21(35)3)34(42)44-8-2)45-29-19-27(32-36-14-16-46-32)37-30-22(4)28(43-6)13-12-24(29)30/h7,12-14,16,19,21,23,25-26H,1,8-11,15,17-18,20H2,2-6H3,(H,38,40)/t21-,23-,25-,26-,35-/m1/s1. The number of amides is 2. The maximum absolute atomic E-state index is 13.9. The monoisotopic (exact) mass is 648 g/mol. The van der Waals surface area contributed by atoms with Crippen LogP contribution in [0.15, 0.2) is 42.4 Å². The van der Waals surface area contributed by atoms with Crippen LogP contribution in [0.4, 0.5) is 0 Å². The van der Waals surface area contributed by atoms with Crippen LogP contribution in [0.1, 0.15) is 57.9 Å². The molecule has 3 aromatic rings. The zero-order valence-electron chi connectivity index (χ0n) is 27.3. The Hall–Kier alpha value is -3.99. The van der Waals surface area contributed by atoms with Crippen molar-refractivity contribution in [2.24, 2.45) is 17.8 Å². The Morgan fingerprint density at radius 3 is 2.61 bits per heavy atom. The molecule has 5 rings (SSSR count). The smallest absolute Gasteiger partial charge is 0.332 e. The first-order chi connectivity index (χ1) is 22.1. The number of methoxy groups -OCH3 is 1. The Labute approximate surface area is 274 Å². The molecule has 2 saturated carbocycles. The third-order valence-electron chi connectivity index (χ3n) is 9.31. The lowest BCUT2D eigenvalue weighted by atomic mass is 9.93. The van der Waals surface area contributed by atoms with Crippen molar-refractivity contribution in [2.75, 3.05) is 27.3 Å². The highest BCUT2D eigenvalue weighted by molar-refractivity contribution is 7.13. The molecule has 2 aliphatic carbocycles. The van der Waals surface area contributed by atoms with Crippen LogP contribution in [0.3, 0.4) is 0 Å². The highest BCUT2D eigenvalue weighted by Gasteiger charge is 2.61. The van der Waals surface area contributed by atoms with E-state index in [-0.39, 0.29) is 24.3 Å². The van der Waals surface area contributed by atoms with Gasteiger partial charge < -0.3 is 24.4 Å². The molecule has 246 valence electrons. The number of carbonyl (C=O) groups excluding carboxylic acids is 3. The van der Waals surface area contributed by atoms with Gasteiger partial charge in [0.1, 0.15) is 33.8 Å². The van der Waals surface area contributed by atoms with Gasteiger partial charge in [-0.15, -0.1) is 17.9 Å². The first kappa shape index (κ1) is 33.4. The van der Waals surface area contributed by atoms with E-state index in [9.17, 15) is 14.4 Å². The number of aromatic nitrogens is 2. The number of rotatable bonds is 14. The van der Waals surface area contributed by atoms with Crippen LogP contribution in [0, 0.1) is 24.7 Å². The van der Waals surface area contributed by atoms with Crippen LogP contribution in [0.2, 0.25) is 0 Å². The number of aryl methyl sites for hydroxylation is 1. The lowest BCUT2D eigenvalue weighted by Crippen LogP contribution is -2.50. The summed E-state index contributed by atoms with van der Waals surface area (Å²) < 4.78 is 17.6. The zero-order valence-corrected chi connectivity index (χ0v) is 28.2. The van der Waals surface area contributed by atoms with Gasteiger partial charge in [0, 0.05) is 42.2 Å². The van der Waals surface area contributed by atoms with Crippen molar-refractivity contribution in [2.45, 2.75) is 70.9 Å². The summed E-state index contributed by atoms with van der Waals surface area (Å²) in [5.74, 6) is -0.822. The van der Waals surface area contributed by atoms with Crippen molar-refractivity contribution in [1.82, 2.24) is 20.2 Å². The Balaban J connectivity index is 1.44. The van der Waals surface area contributed by atoms with E-state index in [1.54, 1.807) is 32.2 Å². The topological polar surface area (TPSA) is 120 Å². The summed E-state index contributed by atoms with van der Waals surface area (Å²) in [4.78, 5) is 51.8. The average Bonchev–Trinajstić information content (AvgIpc) is 3.40. The van der Waals surface area contributed by atoms with Gasteiger partial charge in [-0.2, -0.15) is 0 Å². The molecule has 0 unspecified atom stereocenters. The minimum Gasteiger partial charge on any atom is -0.496 e. The minimum atomic E-state index is -1.04. The van der Waals surface area contributed by atoms with Gasteiger partial charge >= 0.3 is 5.97 Å². The molecule has 0 bridgehead atoms. The van der Waals surface area contributed by atoms with Crippen LogP contribution in [0.5, 0.6) is 11.5 Å². The SMILES string of the molecule is C=CCCCCN(C)C(=O)[C@@H]1C[C@H](Oc2cc(-c3nccs3)nc3c(C)c(OC)ccc23)C[C@H]1C(=O)N[C@]1(C(=O)OCC)C[C@H]1C. The van der Waals surface area contributed by atoms with Gasteiger partial charge in [0.25, 0.3) is 0 Å². The van der Waals surface area contributed by atoms with Crippen LogP contribution in [-0.4, -0.2) is 71.6 Å². The second kappa shape index (κ2) is 14.2. The number of hydrogen-bond acceptors (Lipinski definition) is 9. The third-order valence-corrected chi connectivity index (χ3v) is 10.1.